The van der Waals surface area contributed by atoms with Crippen LogP contribution in [0.4, 0.5) is 10.2 Å². The van der Waals surface area contributed by atoms with Crippen LogP contribution >= 0.6 is 11.6 Å². The zero-order valence-electron chi connectivity index (χ0n) is 20.0. The minimum atomic E-state index is -4.36. The summed E-state index contributed by atoms with van der Waals surface area (Å²) in [5, 5.41) is -0.221. The van der Waals surface area contributed by atoms with Crippen LogP contribution in [0.1, 0.15) is 27.0 Å². The minimum absolute atomic E-state index is 0.0271. The lowest BCUT2D eigenvalue weighted by molar-refractivity contribution is 0.0978. The predicted molar refractivity (Wildman–Crippen MR) is 139 cm³/mol. The van der Waals surface area contributed by atoms with Gasteiger partial charge in [0.25, 0.3) is 15.9 Å². The third-order valence-corrected chi connectivity index (χ3v) is 6.83. The molecule has 37 heavy (non-hydrogen) atoms. The summed E-state index contributed by atoms with van der Waals surface area (Å²) in [6.45, 7) is 5.58. The van der Waals surface area contributed by atoms with E-state index in [2.05, 4.69) is 9.97 Å². The van der Waals surface area contributed by atoms with Gasteiger partial charge in [-0.15, -0.1) is 0 Å². The second kappa shape index (κ2) is 10.2. The van der Waals surface area contributed by atoms with Gasteiger partial charge in [-0.3, -0.25) is 4.79 Å². The molecule has 0 radical (unpaired) electrons. The summed E-state index contributed by atoms with van der Waals surface area (Å²) in [7, 11) is -4.36. The van der Waals surface area contributed by atoms with Crippen LogP contribution in [0.25, 0.3) is 11.3 Å². The second-order valence-corrected chi connectivity index (χ2v) is 10.4. The van der Waals surface area contributed by atoms with Crippen molar-refractivity contribution in [3.05, 3.63) is 93.8 Å². The molecule has 2 aromatic carbocycles. The first-order valence-corrected chi connectivity index (χ1v) is 12.8. The number of benzene rings is 2. The Hall–Kier alpha value is -4.02. The van der Waals surface area contributed by atoms with Crippen LogP contribution in [-0.4, -0.2) is 24.3 Å². The highest BCUT2D eigenvalue weighted by molar-refractivity contribution is 7.90. The molecule has 4 rings (SSSR count). The van der Waals surface area contributed by atoms with Crippen LogP contribution in [-0.2, 0) is 10.0 Å². The molecule has 0 aliphatic carbocycles. The Morgan fingerprint density at radius 3 is 2.35 bits per heavy atom. The summed E-state index contributed by atoms with van der Waals surface area (Å²) in [6, 6.07) is 14.6. The first-order chi connectivity index (χ1) is 17.4. The van der Waals surface area contributed by atoms with Crippen LogP contribution in [0.2, 0.25) is 5.02 Å². The van der Waals surface area contributed by atoms with Crippen LogP contribution in [0.5, 0.6) is 11.6 Å². The van der Waals surface area contributed by atoms with E-state index in [-0.39, 0.29) is 33.5 Å². The van der Waals surface area contributed by atoms with Gasteiger partial charge < -0.3 is 10.5 Å². The maximum absolute atomic E-state index is 14.6. The molecule has 8 nitrogen and oxygen atoms in total. The topological polar surface area (TPSA) is 124 Å². The number of aromatic nitrogens is 2. The van der Waals surface area contributed by atoms with Crippen molar-refractivity contribution in [3.8, 4) is 22.9 Å². The molecule has 1 amide bonds. The van der Waals surface area contributed by atoms with Gasteiger partial charge in [0, 0.05) is 10.6 Å². The van der Waals surface area contributed by atoms with Crippen LogP contribution in [0.15, 0.2) is 65.7 Å². The fourth-order valence-electron chi connectivity index (χ4n) is 3.77. The SMILES string of the molecule is Cc1cc(C)c(Oc2nc(-c3ccc(Cl)cc3F)ccc2C(=O)NS(=O)(=O)c2cccc(N)n2)c(C)c1. The van der Waals surface area contributed by atoms with Crippen molar-refractivity contribution in [1.29, 1.82) is 0 Å². The first kappa shape index (κ1) is 26.1. The smallest absolute Gasteiger partial charge is 0.281 e. The number of nitrogen functional groups attached to an aromatic ring is 1. The molecule has 0 saturated heterocycles. The number of nitrogens with one attached hydrogen (secondary N) is 1. The van der Waals surface area contributed by atoms with E-state index >= 15 is 0 Å². The standard InChI is InChI=1S/C26H22ClFN4O4S/c1-14-11-15(2)24(16(3)12-14)36-26-19(9-10-21(30-26)18-8-7-17(27)13-20(18)28)25(33)32-37(34,35)23-6-4-5-22(29)31-23/h4-13H,1-3H3,(H2,29,31)(H,32,33). The number of nitrogens with two attached hydrogens (primary N) is 1. The molecule has 3 N–H and O–H groups in total. The van der Waals surface area contributed by atoms with E-state index < -0.39 is 26.8 Å². The minimum Gasteiger partial charge on any atom is -0.438 e. The van der Waals surface area contributed by atoms with E-state index in [1.807, 2.05) is 37.6 Å². The first-order valence-electron chi connectivity index (χ1n) is 11.0. The fraction of sp³-hybridized carbons (Fsp3) is 0.115. The Balaban J connectivity index is 1.80. The Labute approximate surface area is 218 Å². The van der Waals surface area contributed by atoms with Crippen LogP contribution in [0.3, 0.4) is 0 Å². The number of anilines is 1. The lowest BCUT2D eigenvalue weighted by Gasteiger charge is -2.16. The van der Waals surface area contributed by atoms with Crippen molar-refractivity contribution >= 4 is 33.3 Å². The quantitative estimate of drug-likeness (QED) is 0.337. The number of ether oxygens (including phenoxy) is 1. The predicted octanol–water partition coefficient (Wildman–Crippen LogP) is 5.35. The number of aryl methyl sites for hydroxylation is 3. The summed E-state index contributed by atoms with van der Waals surface area (Å²) in [6.07, 6.45) is 0. The van der Waals surface area contributed by atoms with E-state index in [1.165, 1.54) is 42.5 Å². The molecule has 190 valence electrons. The number of sulfonamides is 1. The highest BCUT2D eigenvalue weighted by Crippen LogP contribution is 2.33. The van der Waals surface area contributed by atoms with Gasteiger partial charge in [0.05, 0.1) is 5.69 Å². The monoisotopic (exact) mass is 540 g/mol. The maximum Gasteiger partial charge on any atom is 0.281 e. The Kier molecular flexibility index (Phi) is 7.15. The normalized spacial score (nSPS) is 11.3. The molecule has 0 atom stereocenters. The van der Waals surface area contributed by atoms with Gasteiger partial charge in [0.2, 0.25) is 5.88 Å². The molecule has 0 aliphatic rings. The van der Waals surface area contributed by atoms with Gasteiger partial charge in [0.15, 0.2) is 5.03 Å². The van der Waals surface area contributed by atoms with Crippen molar-refractivity contribution in [2.75, 3.05) is 5.73 Å². The van der Waals surface area contributed by atoms with E-state index in [4.69, 9.17) is 22.1 Å². The fourth-order valence-corrected chi connectivity index (χ4v) is 4.87. The maximum atomic E-state index is 14.6. The Bertz CT molecular complexity index is 1620. The lowest BCUT2D eigenvalue weighted by atomic mass is 10.1. The van der Waals surface area contributed by atoms with Crippen molar-refractivity contribution in [1.82, 2.24) is 14.7 Å². The zero-order valence-corrected chi connectivity index (χ0v) is 21.6. The van der Waals surface area contributed by atoms with Gasteiger partial charge in [-0.25, -0.2) is 19.1 Å². The number of hydrogen-bond donors (Lipinski definition) is 2. The third-order valence-electron chi connectivity index (χ3n) is 5.36. The second-order valence-electron chi connectivity index (χ2n) is 8.34. The molecule has 11 heteroatoms. The molecule has 2 aromatic heterocycles. The number of hydrogen-bond acceptors (Lipinski definition) is 7. The van der Waals surface area contributed by atoms with Crippen molar-refractivity contribution in [2.45, 2.75) is 25.8 Å². The van der Waals surface area contributed by atoms with Gasteiger partial charge in [0.1, 0.15) is 22.9 Å². The van der Waals surface area contributed by atoms with Crippen LogP contribution < -0.4 is 15.2 Å². The molecule has 0 aliphatic heterocycles. The lowest BCUT2D eigenvalue weighted by Crippen LogP contribution is -2.31. The van der Waals surface area contributed by atoms with Gasteiger partial charge in [-0.2, -0.15) is 8.42 Å². The third kappa shape index (κ3) is 5.71. The van der Waals surface area contributed by atoms with Crippen LogP contribution in [0, 0.1) is 26.6 Å². The Morgan fingerprint density at radius 1 is 1.00 bits per heavy atom. The van der Waals surface area contributed by atoms with Gasteiger partial charge in [-0.1, -0.05) is 35.4 Å². The number of carbonyl (C=O) groups excluding carboxylic acids is 1. The molecule has 4 aromatic rings. The summed E-state index contributed by atoms with van der Waals surface area (Å²) in [5.74, 6) is -1.45. The summed E-state index contributed by atoms with van der Waals surface area (Å²) in [4.78, 5) is 21.3. The average molecular weight is 541 g/mol. The van der Waals surface area contributed by atoms with Gasteiger partial charge >= 0.3 is 0 Å². The number of halogens is 2. The highest BCUT2D eigenvalue weighted by Gasteiger charge is 2.25. The summed E-state index contributed by atoms with van der Waals surface area (Å²) >= 11 is 5.87. The zero-order chi connectivity index (χ0) is 26.9. The van der Waals surface area contributed by atoms with E-state index in [0.717, 1.165) is 22.8 Å². The highest BCUT2D eigenvalue weighted by atomic mass is 35.5. The summed E-state index contributed by atoms with van der Waals surface area (Å²) < 4.78 is 48.2. The van der Waals surface area contributed by atoms with E-state index in [1.54, 1.807) is 0 Å². The molecule has 0 spiro atoms. The Morgan fingerprint density at radius 2 is 1.70 bits per heavy atom. The number of amides is 1. The average Bonchev–Trinajstić information content (AvgIpc) is 2.81. The number of carbonyl (C=O) groups is 1. The molecular weight excluding hydrogens is 519 g/mol. The summed E-state index contributed by atoms with van der Waals surface area (Å²) in [5.41, 5.74) is 8.21. The van der Waals surface area contributed by atoms with E-state index in [9.17, 15) is 17.6 Å². The van der Waals surface area contributed by atoms with Crippen molar-refractivity contribution in [2.24, 2.45) is 0 Å². The molecule has 0 bridgehead atoms. The molecule has 0 unspecified atom stereocenters. The molecule has 2 heterocycles. The van der Waals surface area contributed by atoms with Crippen molar-refractivity contribution < 1.29 is 22.3 Å². The largest absolute Gasteiger partial charge is 0.438 e. The molecule has 0 fully saturated rings. The number of pyridine rings is 2. The molecular formula is C26H22ClFN4O4S. The number of nitrogens with zero attached hydrogens (tertiary/aromatic N) is 2. The van der Waals surface area contributed by atoms with E-state index in [0.29, 0.717) is 5.75 Å². The van der Waals surface area contributed by atoms with Gasteiger partial charge in [-0.05, 0) is 74.4 Å². The van der Waals surface area contributed by atoms with Crippen molar-refractivity contribution in [3.63, 3.8) is 0 Å². The number of rotatable bonds is 6. The molecule has 0 saturated carbocycles.